The topological polar surface area (TPSA) is 63.4 Å². The lowest BCUT2D eigenvalue weighted by molar-refractivity contribution is -0.127. The molecule has 1 aliphatic heterocycles. The van der Waals surface area contributed by atoms with Crippen molar-refractivity contribution in [2.45, 2.75) is 52.4 Å². The van der Waals surface area contributed by atoms with Crippen LogP contribution in [0, 0.1) is 19.3 Å². The van der Waals surface area contributed by atoms with E-state index in [1.54, 1.807) is 0 Å². The average Bonchev–Trinajstić information content (AvgIpc) is 2.67. The smallest absolute Gasteiger partial charge is 0.240 e. The molecule has 1 saturated heterocycles. The largest absolute Gasteiger partial charge is 0.399 e. The number of benzene rings is 1. The molecule has 4 nitrogen and oxygen atoms in total. The number of rotatable bonds is 1. The van der Waals surface area contributed by atoms with E-state index in [2.05, 4.69) is 0 Å². The number of hydrogen-bond acceptors (Lipinski definition) is 3. The van der Waals surface area contributed by atoms with Gasteiger partial charge in [-0.05, 0) is 49.9 Å². The van der Waals surface area contributed by atoms with Gasteiger partial charge in [0.15, 0.2) is 0 Å². The van der Waals surface area contributed by atoms with Gasteiger partial charge in [0.05, 0.1) is 11.1 Å². The number of imide groups is 1. The molecule has 2 aliphatic rings. The second-order valence-electron chi connectivity index (χ2n) is 6.55. The molecule has 1 heterocycles. The zero-order chi connectivity index (χ0) is 15.2. The summed E-state index contributed by atoms with van der Waals surface area (Å²) < 4.78 is 0. The number of nitrogen functional groups attached to an aromatic ring is 1. The highest BCUT2D eigenvalue weighted by Crippen LogP contribution is 2.47. The average molecular weight is 286 g/mol. The van der Waals surface area contributed by atoms with Crippen LogP contribution in [0.5, 0.6) is 0 Å². The second-order valence-corrected chi connectivity index (χ2v) is 6.55. The van der Waals surface area contributed by atoms with Gasteiger partial charge in [0.25, 0.3) is 0 Å². The Morgan fingerprint density at radius 1 is 1.05 bits per heavy atom. The summed E-state index contributed by atoms with van der Waals surface area (Å²) in [6.45, 7) is 3.80. The van der Waals surface area contributed by atoms with Gasteiger partial charge in [-0.25, -0.2) is 4.90 Å². The van der Waals surface area contributed by atoms with E-state index in [-0.39, 0.29) is 11.8 Å². The van der Waals surface area contributed by atoms with E-state index in [4.69, 9.17) is 5.73 Å². The Morgan fingerprint density at radius 2 is 1.71 bits per heavy atom. The molecule has 0 unspecified atom stereocenters. The van der Waals surface area contributed by atoms with Crippen molar-refractivity contribution in [3.63, 3.8) is 0 Å². The highest BCUT2D eigenvalue weighted by atomic mass is 16.2. The molecule has 21 heavy (non-hydrogen) atoms. The first-order valence-electron chi connectivity index (χ1n) is 7.69. The predicted molar refractivity (Wildman–Crippen MR) is 83.0 cm³/mol. The summed E-state index contributed by atoms with van der Waals surface area (Å²) in [5.74, 6) is -0.0614. The first-order chi connectivity index (χ1) is 9.94. The Morgan fingerprint density at radius 3 is 2.38 bits per heavy atom. The molecule has 0 bridgehead atoms. The maximum atomic E-state index is 12.9. The Bertz CT molecular complexity index is 615. The molecule has 0 radical (unpaired) electrons. The van der Waals surface area contributed by atoms with Crippen molar-refractivity contribution in [1.82, 2.24) is 0 Å². The number of amides is 2. The summed E-state index contributed by atoms with van der Waals surface area (Å²) in [5.41, 5.74) is 8.66. The highest BCUT2D eigenvalue weighted by Gasteiger charge is 2.52. The minimum atomic E-state index is -0.433. The van der Waals surface area contributed by atoms with Crippen molar-refractivity contribution in [3.05, 3.63) is 23.3 Å². The predicted octanol–water partition coefficient (Wildman–Crippen LogP) is 3.10. The van der Waals surface area contributed by atoms with E-state index >= 15 is 0 Å². The molecule has 3 rings (SSSR count). The Balaban J connectivity index is 2.01. The van der Waals surface area contributed by atoms with Gasteiger partial charge in [0.2, 0.25) is 11.8 Å². The number of carbonyl (C=O) groups is 2. The monoisotopic (exact) mass is 286 g/mol. The van der Waals surface area contributed by atoms with Crippen molar-refractivity contribution in [2.75, 3.05) is 10.6 Å². The third-order valence-corrected chi connectivity index (χ3v) is 5.03. The first kappa shape index (κ1) is 14.1. The van der Waals surface area contributed by atoms with Crippen LogP contribution < -0.4 is 10.6 Å². The van der Waals surface area contributed by atoms with Gasteiger partial charge in [0, 0.05) is 12.1 Å². The summed E-state index contributed by atoms with van der Waals surface area (Å²) >= 11 is 0. The van der Waals surface area contributed by atoms with Gasteiger partial charge < -0.3 is 5.73 Å². The molecule has 1 aliphatic carbocycles. The minimum Gasteiger partial charge on any atom is -0.399 e. The van der Waals surface area contributed by atoms with Crippen molar-refractivity contribution < 1.29 is 9.59 Å². The standard InChI is InChI=1S/C17H22N2O2/c1-11-9-14(12(2)8-13(11)18)19-15(20)10-17(16(19)21)6-4-3-5-7-17/h8-9H,3-7,10,18H2,1-2H3. The zero-order valence-electron chi connectivity index (χ0n) is 12.7. The van der Waals surface area contributed by atoms with Crippen molar-refractivity contribution in [2.24, 2.45) is 5.41 Å². The summed E-state index contributed by atoms with van der Waals surface area (Å²) in [5, 5.41) is 0. The summed E-state index contributed by atoms with van der Waals surface area (Å²) in [4.78, 5) is 26.8. The van der Waals surface area contributed by atoms with Gasteiger partial charge >= 0.3 is 0 Å². The van der Waals surface area contributed by atoms with Crippen LogP contribution in [0.4, 0.5) is 11.4 Å². The second kappa shape index (κ2) is 4.86. The minimum absolute atomic E-state index is 0.000489. The highest BCUT2D eigenvalue weighted by molar-refractivity contribution is 6.23. The van der Waals surface area contributed by atoms with Crippen LogP contribution in [0.3, 0.4) is 0 Å². The van der Waals surface area contributed by atoms with E-state index in [0.29, 0.717) is 17.8 Å². The number of anilines is 2. The molecule has 1 aromatic rings. The molecule has 2 amide bonds. The molecular weight excluding hydrogens is 264 g/mol. The number of nitrogens with zero attached hydrogens (tertiary/aromatic N) is 1. The number of carbonyl (C=O) groups excluding carboxylic acids is 2. The molecule has 4 heteroatoms. The van der Waals surface area contributed by atoms with Crippen molar-refractivity contribution in [3.8, 4) is 0 Å². The summed E-state index contributed by atoms with van der Waals surface area (Å²) in [7, 11) is 0. The summed E-state index contributed by atoms with van der Waals surface area (Å²) in [6.07, 6.45) is 5.33. The van der Waals surface area contributed by atoms with E-state index in [0.717, 1.165) is 36.8 Å². The normalized spacial score (nSPS) is 21.3. The van der Waals surface area contributed by atoms with Crippen molar-refractivity contribution in [1.29, 1.82) is 0 Å². The Kier molecular flexibility index (Phi) is 3.27. The Labute approximate surface area is 125 Å². The van der Waals surface area contributed by atoms with E-state index in [1.165, 1.54) is 11.3 Å². The molecule has 112 valence electrons. The van der Waals surface area contributed by atoms with Gasteiger partial charge in [-0.15, -0.1) is 0 Å². The fraction of sp³-hybridized carbons (Fsp3) is 0.529. The molecular formula is C17H22N2O2. The lowest BCUT2D eigenvalue weighted by Crippen LogP contribution is -2.37. The maximum absolute atomic E-state index is 12.9. The number of aryl methyl sites for hydroxylation is 2. The van der Waals surface area contributed by atoms with E-state index in [1.807, 2.05) is 26.0 Å². The van der Waals surface area contributed by atoms with Crippen LogP contribution in [0.1, 0.15) is 49.7 Å². The molecule has 1 spiro atoms. The van der Waals surface area contributed by atoms with Crippen LogP contribution in [0.2, 0.25) is 0 Å². The first-order valence-corrected chi connectivity index (χ1v) is 7.69. The van der Waals surface area contributed by atoms with Crippen LogP contribution in [-0.2, 0) is 9.59 Å². The Hall–Kier alpha value is -1.84. The third kappa shape index (κ3) is 2.13. The van der Waals surface area contributed by atoms with Crippen LogP contribution in [-0.4, -0.2) is 11.8 Å². The molecule has 1 saturated carbocycles. The molecule has 2 fully saturated rings. The molecule has 0 aromatic heterocycles. The lowest BCUT2D eigenvalue weighted by Gasteiger charge is -2.30. The third-order valence-electron chi connectivity index (χ3n) is 5.03. The fourth-order valence-corrected chi connectivity index (χ4v) is 3.72. The summed E-state index contributed by atoms with van der Waals surface area (Å²) in [6, 6.07) is 3.71. The molecule has 2 N–H and O–H groups in total. The van der Waals surface area contributed by atoms with Gasteiger partial charge in [-0.2, -0.15) is 0 Å². The van der Waals surface area contributed by atoms with Crippen molar-refractivity contribution >= 4 is 23.2 Å². The fourth-order valence-electron chi connectivity index (χ4n) is 3.72. The van der Waals surface area contributed by atoms with E-state index in [9.17, 15) is 9.59 Å². The molecule has 0 atom stereocenters. The maximum Gasteiger partial charge on any atom is 0.240 e. The lowest BCUT2D eigenvalue weighted by atomic mass is 9.73. The van der Waals surface area contributed by atoms with Crippen LogP contribution >= 0.6 is 0 Å². The molecule has 1 aromatic carbocycles. The number of nitrogens with two attached hydrogens (primary N) is 1. The van der Waals surface area contributed by atoms with E-state index < -0.39 is 5.41 Å². The van der Waals surface area contributed by atoms with Crippen LogP contribution in [0.15, 0.2) is 12.1 Å². The van der Waals surface area contributed by atoms with Gasteiger partial charge in [-0.1, -0.05) is 19.3 Å². The van der Waals surface area contributed by atoms with Gasteiger partial charge in [0.1, 0.15) is 0 Å². The number of hydrogen-bond donors (Lipinski definition) is 1. The van der Waals surface area contributed by atoms with Crippen LogP contribution in [0.25, 0.3) is 0 Å². The quantitative estimate of drug-likeness (QED) is 0.637. The SMILES string of the molecule is Cc1cc(N2C(=O)CC3(CCCCC3)C2=O)c(C)cc1N. The zero-order valence-corrected chi connectivity index (χ0v) is 12.7. The van der Waals surface area contributed by atoms with Gasteiger partial charge in [-0.3, -0.25) is 9.59 Å².